The summed E-state index contributed by atoms with van der Waals surface area (Å²) in [5, 5.41) is 3.54. The Balaban J connectivity index is 1.53. The van der Waals surface area contributed by atoms with E-state index in [1.165, 1.54) is 37.8 Å². The maximum absolute atomic E-state index is 6.07. The Morgan fingerprint density at radius 2 is 2.24 bits per heavy atom. The average Bonchev–Trinajstić information content (AvgIpc) is 3.21. The van der Waals surface area contributed by atoms with Crippen LogP contribution >= 0.6 is 0 Å². The highest BCUT2D eigenvalue weighted by Gasteiger charge is 2.22. The van der Waals surface area contributed by atoms with Gasteiger partial charge in [-0.15, -0.1) is 0 Å². The minimum absolute atomic E-state index is 0.695. The van der Waals surface area contributed by atoms with E-state index < -0.39 is 0 Å². The van der Waals surface area contributed by atoms with Gasteiger partial charge in [0.15, 0.2) is 0 Å². The number of nitrogens with one attached hydrogen (secondary N) is 1. The maximum atomic E-state index is 6.07. The summed E-state index contributed by atoms with van der Waals surface area (Å²) in [6.45, 7) is 4.93. The average molecular weight is 289 g/mol. The number of rotatable bonds is 7. The van der Waals surface area contributed by atoms with Crippen LogP contribution in [-0.2, 0) is 6.54 Å². The number of pyridine rings is 1. The first-order chi connectivity index (χ1) is 10.2. The smallest absolute Gasteiger partial charge is 0.127 e. The predicted octanol–water partition coefficient (Wildman–Crippen LogP) is 2.51. The third-order valence-electron chi connectivity index (χ3n) is 4.62. The van der Waals surface area contributed by atoms with E-state index in [-0.39, 0.29) is 0 Å². The predicted molar refractivity (Wildman–Crippen MR) is 84.6 cm³/mol. The molecule has 1 N–H and O–H groups in total. The Kier molecular flexibility index (Phi) is 4.76. The molecular formula is C17H27N3O. The fraction of sp³-hybridized carbons (Fsp3) is 0.706. The number of likely N-dealkylation sites (tertiary alicyclic amines) is 1. The molecule has 1 saturated carbocycles. The molecule has 4 nitrogen and oxygen atoms in total. The molecule has 21 heavy (non-hydrogen) atoms. The van der Waals surface area contributed by atoms with Gasteiger partial charge in [0.2, 0.25) is 0 Å². The van der Waals surface area contributed by atoms with Crippen LogP contribution in [0.1, 0.15) is 43.4 Å². The van der Waals surface area contributed by atoms with E-state index in [4.69, 9.17) is 4.74 Å². The molecular weight excluding hydrogens is 262 g/mol. The zero-order valence-corrected chi connectivity index (χ0v) is 13.3. The van der Waals surface area contributed by atoms with Gasteiger partial charge >= 0.3 is 0 Å². The largest absolute Gasteiger partial charge is 0.493 e. The topological polar surface area (TPSA) is 37.4 Å². The summed E-state index contributed by atoms with van der Waals surface area (Å²) in [4.78, 5) is 6.86. The van der Waals surface area contributed by atoms with Crippen LogP contribution in [0.4, 0.5) is 0 Å². The van der Waals surface area contributed by atoms with Crippen molar-refractivity contribution >= 4 is 0 Å². The van der Waals surface area contributed by atoms with Crippen LogP contribution in [0.2, 0.25) is 0 Å². The highest BCUT2D eigenvalue weighted by Crippen LogP contribution is 2.24. The molecule has 0 amide bonds. The van der Waals surface area contributed by atoms with Crippen molar-refractivity contribution < 1.29 is 4.74 Å². The lowest BCUT2D eigenvalue weighted by atomic mass is 10.1. The Morgan fingerprint density at radius 3 is 2.95 bits per heavy atom. The Bertz CT molecular complexity index is 473. The highest BCUT2D eigenvalue weighted by molar-refractivity contribution is 5.33. The summed E-state index contributed by atoms with van der Waals surface area (Å²) in [6.07, 6.45) is 8.33. The molecule has 1 aromatic heterocycles. The van der Waals surface area contributed by atoms with Crippen molar-refractivity contribution in [3.8, 4) is 5.75 Å². The molecule has 4 heteroatoms. The summed E-state index contributed by atoms with van der Waals surface area (Å²) in [6, 6.07) is 3.48. The van der Waals surface area contributed by atoms with Gasteiger partial charge in [-0.05, 0) is 52.6 Å². The van der Waals surface area contributed by atoms with Crippen molar-refractivity contribution in [3.63, 3.8) is 0 Å². The molecule has 1 unspecified atom stereocenters. The van der Waals surface area contributed by atoms with E-state index in [0.717, 1.165) is 31.0 Å². The lowest BCUT2D eigenvalue weighted by Gasteiger charge is -2.20. The van der Waals surface area contributed by atoms with Crippen molar-refractivity contribution in [2.45, 2.75) is 57.7 Å². The van der Waals surface area contributed by atoms with Gasteiger partial charge in [-0.1, -0.05) is 0 Å². The first-order valence-electron chi connectivity index (χ1n) is 8.24. The molecule has 2 fully saturated rings. The van der Waals surface area contributed by atoms with Gasteiger partial charge in [0.05, 0.1) is 6.61 Å². The van der Waals surface area contributed by atoms with Crippen molar-refractivity contribution in [2.75, 3.05) is 20.2 Å². The molecule has 0 bridgehead atoms. The molecule has 1 atom stereocenters. The van der Waals surface area contributed by atoms with Gasteiger partial charge in [0.1, 0.15) is 5.75 Å². The van der Waals surface area contributed by atoms with E-state index in [0.29, 0.717) is 12.1 Å². The molecule has 2 heterocycles. The fourth-order valence-corrected chi connectivity index (χ4v) is 3.02. The SMILES string of the molecule is Cc1cc(OCCC2CCCN2C)c(CNC2CC2)cn1. The second-order valence-electron chi connectivity index (χ2n) is 6.50. The third-order valence-corrected chi connectivity index (χ3v) is 4.62. The summed E-state index contributed by atoms with van der Waals surface area (Å²) in [7, 11) is 2.22. The molecule has 116 valence electrons. The van der Waals surface area contributed by atoms with Crippen molar-refractivity contribution in [1.82, 2.24) is 15.2 Å². The zero-order valence-electron chi connectivity index (χ0n) is 13.3. The number of hydrogen-bond donors (Lipinski definition) is 1. The van der Waals surface area contributed by atoms with E-state index in [1.54, 1.807) is 0 Å². The van der Waals surface area contributed by atoms with Gasteiger partial charge < -0.3 is 15.0 Å². The molecule has 0 spiro atoms. The van der Waals surface area contributed by atoms with Crippen LogP contribution in [0.5, 0.6) is 5.75 Å². The van der Waals surface area contributed by atoms with E-state index in [1.807, 2.05) is 13.1 Å². The van der Waals surface area contributed by atoms with Crippen LogP contribution < -0.4 is 10.1 Å². The normalized spacial score (nSPS) is 22.7. The number of hydrogen-bond acceptors (Lipinski definition) is 4. The van der Waals surface area contributed by atoms with Crippen molar-refractivity contribution in [2.24, 2.45) is 0 Å². The van der Waals surface area contributed by atoms with E-state index in [9.17, 15) is 0 Å². The summed E-state index contributed by atoms with van der Waals surface area (Å²) in [5.74, 6) is 1.01. The summed E-state index contributed by atoms with van der Waals surface area (Å²) in [5.41, 5.74) is 2.21. The summed E-state index contributed by atoms with van der Waals surface area (Å²) >= 11 is 0. The van der Waals surface area contributed by atoms with Crippen LogP contribution in [0.25, 0.3) is 0 Å². The molecule has 1 aliphatic heterocycles. The van der Waals surface area contributed by atoms with Gasteiger partial charge in [-0.3, -0.25) is 4.98 Å². The van der Waals surface area contributed by atoms with E-state index in [2.05, 4.69) is 28.3 Å². The van der Waals surface area contributed by atoms with Crippen LogP contribution in [0.3, 0.4) is 0 Å². The molecule has 1 aromatic rings. The molecule has 1 saturated heterocycles. The van der Waals surface area contributed by atoms with Crippen molar-refractivity contribution in [3.05, 3.63) is 23.5 Å². The minimum atomic E-state index is 0.695. The molecule has 0 radical (unpaired) electrons. The quantitative estimate of drug-likeness (QED) is 0.837. The minimum Gasteiger partial charge on any atom is -0.493 e. The highest BCUT2D eigenvalue weighted by atomic mass is 16.5. The zero-order chi connectivity index (χ0) is 14.7. The third kappa shape index (κ3) is 4.17. The summed E-state index contributed by atoms with van der Waals surface area (Å²) < 4.78 is 6.07. The standard InChI is InChI=1S/C17H27N3O/c1-13-10-17(14(11-18-13)12-19-15-5-6-15)21-9-7-16-4-3-8-20(16)2/h10-11,15-16,19H,3-9,12H2,1-2H3. The number of aromatic nitrogens is 1. The lowest BCUT2D eigenvalue weighted by Crippen LogP contribution is -2.26. The molecule has 0 aromatic carbocycles. The Labute approximate surface area is 127 Å². The van der Waals surface area contributed by atoms with E-state index >= 15 is 0 Å². The van der Waals surface area contributed by atoms with Gasteiger partial charge in [0, 0.05) is 42.1 Å². The van der Waals surface area contributed by atoms with Crippen LogP contribution in [0.15, 0.2) is 12.3 Å². The van der Waals surface area contributed by atoms with Gasteiger partial charge in [-0.2, -0.15) is 0 Å². The second-order valence-corrected chi connectivity index (χ2v) is 6.50. The number of ether oxygens (including phenoxy) is 1. The van der Waals surface area contributed by atoms with Gasteiger partial charge in [-0.25, -0.2) is 0 Å². The fourth-order valence-electron chi connectivity index (χ4n) is 3.02. The first-order valence-corrected chi connectivity index (χ1v) is 8.24. The first kappa shape index (κ1) is 14.8. The van der Waals surface area contributed by atoms with Crippen LogP contribution in [0, 0.1) is 6.92 Å². The molecule has 3 rings (SSSR count). The monoisotopic (exact) mass is 289 g/mol. The van der Waals surface area contributed by atoms with Crippen molar-refractivity contribution in [1.29, 1.82) is 0 Å². The lowest BCUT2D eigenvalue weighted by molar-refractivity contribution is 0.231. The number of nitrogens with zero attached hydrogens (tertiary/aromatic N) is 2. The molecule has 2 aliphatic rings. The van der Waals surface area contributed by atoms with Gasteiger partial charge in [0.25, 0.3) is 0 Å². The Hall–Kier alpha value is -1.13. The maximum Gasteiger partial charge on any atom is 0.127 e. The Morgan fingerprint density at radius 1 is 1.38 bits per heavy atom. The second kappa shape index (κ2) is 6.75. The molecule has 1 aliphatic carbocycles. The van der Waals surface area contributed by atoms with Crippen LogP contribution in [-0.4, -0.2) is 42.2 Å². The number of aryl methyl sites for hydroxylation is 1.